The maximum absolute atomic E-state index is 12.0. The Morgan fingerprint density at radius 3 is 2.76 bits per heavy atom. The highest BCUT2D eigenvalue weighted by molar-refractivity contribution is 7.13. The van der Waals surface area contributed by atoms with Crippen LogP contribution in [0.3, 0.4) is 0 Å². The first-order valence-electron chi connectivity index (χ1n) is 8.00. The van der Waals surface area contributed by atoms with Crippen LogP contribution in [-0.2, 0) is 6.54 Å². The summed E-state index contributed by atoms with van der Waals surface area (Å²) in [6.07, 6.45) is 3.59. The van der Waals surface area contributed by atoms with E-state index >= 15 is 0 Å². The second kappa shape index (κ2) is 8.30. The summed E-state index contributed by atoms with van der Waals surface area (Å²) in [5, 5.41) is 7.67. The first kappa shape index (κ1) is 17.0. The van der Waals surface area contributed by atoms with Gasteiger partial charge in [0.25, 0.3) is 0 Å². The third-order valence-corrected chi connectivity index (χ3v) is 4.40. The van der Waals surface area contributed by atoms with E-state index in [9.17, 15) is 4.79 Å². The minimum atomic E-state index is -0.259. The molecule has 0 saturated heterocycles. The first-order chi connectivity index (χ1) is 12.2. The molecule has 0 spiro atoms. The Morgan fingerprint density at radius 2 is 2.04 bits per heavy atom. The SMILES string of the molecule is CCOc1ccc(NC(=O)NCc2cncc(-c3cccs3)c2)cc1. The summed E-state index contributed by atoms with van der Waals surface area (Å²) >= 11 is 1.67. The number of carbonyl (C=O) groups excluding carboxylic acids is 1. The molecule has 1 aromatic carbocycles. The molecule has 0 radical (unpaired) electrons. The summed E-state index contributed by atoms with van der Waals surface area (Å²) in [6, 6.07) is 13.1. The molecule has 2 heterocycles. The van der Waals surface area contributed by atoms with E-state index in [1.807, 2.05) is 54.9 Å². The zero-order valence-corrected chi connectivity index (χ0v) is 14.7. The van der Waals surface area contributed by atoms with Crippen molar-refractivity contribution in [1.82, 2.24) is 10.3 Å². The van der Waals surface area contributed by atoms with Crippen LogP contribution in [0.4, 0.5) is 10.5 Å². The largest absolute Gasteiger partial charge is 0.494 e. The number of pyridine rings is 1. The minimum absolute atomic E-state index is 0.259. The predicted molar refractivity (Wildman–Crippen MR) is 101 cm³/mol. The molecule has 2 N–H and O–H groups in total. The van der Waals surface area contributed by atoms with Gasteiger partial charge in [-0.05, 0) is 54.3 Å². The Labute approximate surface area is 150 Å². The molecule has 6 heteroatoms. The summed E-state index contributed by atoms with van der Waals surface area (Å²) in [5.41, 5.74) is 2.72. The molecule has 0 fully saturated rings. The van der Waals surface area contributed by atoms with Gasteiger partial charge >= 0.3 is 6.03 Å². The Balaban J connectivity index is 1.54. The number of hydrogen-bond donors (Lipinski definition) is 2. The molecule has 0 bridgehead atoms. The van der Waals surface area contributed by atoms with Crippen molar-refractivity contribution in [3.8, 4) is 16.2 Å². The molecule has 5 nitrogen and oxygen atoms in total. The molecule has 0 unspecified atom stereocenters. The standard InChI is InChI=1S/C19H19N3O2S/c1-2-24-17-7-5-16(6-8-17)22-19(23)21-12-14-10-15(13-20-11-14)18-4-3-9-25-18/h3-11,13H,2,12H2,1H3,(H2,21,22,23). The van der Waals surface area contributed by atoms with E-state index < -0.39 is 0 Å². The van der Waals surface area contributed by atoms with Crippen molar-refractivity contribution < 1.29 is 9.53 Å². The van der Waals surface area contributed by atoms with Gasteiger partial charge in [0, 0.05) is 35.1 Å². The molecule has 0 atom stereocenters. The number of ether oxygens (including phenoxy) is 1. The number of aromatic nitrogens is 1. The Kier molecular flexibility index (Phi) is 5.64. The lowest BCUT2D eigenvalue weighted by atomic mass is 10.2. The number of urea groups is 1. The van der Waals surface area contributed by atoms with E-state index in [1.165, 1.54) is 0 Å². The van der Waals surface area contributed by atoms with E-state index in [2.05, 4.69) is 21.7 Å². The summed E-state index contributed by atoms with van der Waals surface area (Å²) in [4.78, 5) is 17.4. The number of benzene rings is 1. The van der Waals surface area contributed by atoms with Crippen molar-refractivity contribution in [2.75, 3.05) is 11.9 Å². The Bertz CT molecular complexity index is 817. The van der Waals surface area contributed by atoms with Crippen LogP contribution >= 0.6 is 11.3 Å². The highest BCUT2D eigenvalue weighted by Gasteiger charge is 2.05. The fourth-order valence-corrected chi connectivity index (χ4v) is 3.03. The summed E-state index contributed by atoms with van der Waals surface area (Å²) in [7, 11) is 0. The van der Waals surface area contributed by atoms with Crippen LogP contribution < -0.4 is 15.4 Å². The highest BCUT2D eigenvalue weighted by atomic mass is 32.1. The van der Waals surface area contributed by atoms with Crippen molar-refractivity contribution in [2.45, 2.75) is 13.5 Å². The molecular formula is C19H19N3O2S. The molecule has 3 rings (SSSR count). The van der Waals surface area contributed by atoms with Gasteiger partial charge in [-0.25, -0.2) is 4.79 Å². The highest BCUT2D eigenvalue weighted by Crippen LogP contribution is 2.24. The average Bonchev–Trinajstić information content (AvgIpc) is 3.17. The van der Waals surface area contributed by atoms with Gasteiger partial charge in [0.2, 0.25) is 0 Å². The van der Waals surface area contributed by atoms with Crippen LogP contribution in [-0.4, -0.2) is 17.6 Å². The molecule has 128 valence electrons. The normalized spacial score (nSPS) is 10.3. The topological polar surface area (TPSA) is 63.2 Å². The van der Waals surface area contributed by atoms with Crippen molar-refractivity contribution >= 4 is 23.1 Å². The van der Waals surface area contributed by atoms with Crippen molar-refractivity contribution in [3.05, 3.63) is 65.8 Å². The first-order valence-corrected chi connectivity index (χ1v) is 8.88. The smallest absolute Gasteiger partial charge is 0.319 e. The fourth-order valence-electron chi connectivity index (χ4n) is 2.32. The minimum Gasteiger partial charge on any atom is -0.494 e. The number of nitrogens with one attached hydrogen (secondary N) is 2. The Morgan fingerprint density at radius 1 is 1.20 bits per heavy atom. The van der Waals surface area contributed by atoms with Gasteiger partial charge in [-0.2, -0.15) is 0 Å². The van der Waals surface area contributed by atoms with Gasteiger partial charge in [0.1, 0.15) is 5.75 Å². The van der Waals surface area contributed by atoms with Gasteiger partial charge in [-0.1, -0.05) is 6.07 Å². The number of carbonyl (C=O) groups is 1. The number of thiophene rings is 1. The Hall–Kier alpha value is -2.86. The zero-order chi connectivity index (χ0) is 17.5. The van der Waals surface area contributed by atoms with E-state index in [1.54, 1.807) is 17.5 Å². The van der Waals surface area contributed by atoms with E-state index in [-0.39, 0.29) is 6.03 Å². The lowest BCUT2D eigenvalue weighted by Crippen LogP contribution is -2.28. The molecule has 2 amide bonds. The van der Waals surface area contributed by atoms with Gasteiger partial charge in [0.05, 0.1) is 6.61 Å². The second-order valence-electron chi connectivity index (χ2n) is 5.32. The van der Waals surface area contributed by atoms with Crippen LogP contribution in [0.1, 0.15) is 12.5 Å². The average molecular weight is 353 g/mol. The number of rotatable bonds is 6. The van der Waals surface area contributed by atoms with E-state index in [4.69, 9.17) is 4.74 Å². The molecule has 2 aromatic heterocycles. The third kappa shape index (κ3) is 4.81. The monoisotopic (exact) mass is 353 g/mol. The maximum atomic E-state index is 12.0. The predicted octanol–water partition coefficient (Wildman–Crippen LogP) is 4.53. The fraction of sp³-hybridized carbons (Fsp3) is 0.158. The molecule has 3 aromatic rings. The number of anilines is 1. The third-order valence-electron chi connectivity index (χ3n) is 3.48. The zero-order valence-electron chi connectivity index (χ0n) is 13.9. The summed E-state index contributed by atoms with van der Waals surface area (Å²) in [5.74, 6) is 0.782. The van der Waals surface area contributed by atoms with Crippen LogP contribution in [0.25, 0.3) is 10.4 Å². The number of hydrogen-bond acceptors (Lipinski definition) is 4. The van der Waals surface area contributed by atoms with Crippen LogP contribution in [0.15, 0.2) is 60.2 Å². The maximum Gasteiger partial charge on any atom is 0.319 e. The van der Waals surface area contributed by atoms with Crippen molar-refractivity contribution in [2.24, 2.45) is 0 Å². The molecule has 25 heavy (non-hydrogen) atoms. The van der Waals surface area contributed by atoms with Crippen molar-refractivity contribution in [1.29, 1.82) is 0 Å². The van der Waals surface area contributed by atoms with E-state index in [0.717, 1.165) is 21.8 Å². The van der Waals surface area contributed by atoms with Gasteiger partial charge in [0.15, 0.2) is 0 Å². The summed E-state index contributed by atoms with van der Waals surface area (Å²) in [6.45, 7) is 2.96. The molecule has 0 aliphatic rings. The lowest BCUT2D eigenvalue weighted by molar-refractivity contribution is 0.251. The number of amides is 2. The van der Waals surface area contributed by atoms with E-state index in [0.29, 0.717) is 18.8 Å². The molecule has 0 aliphatic heterocycles. The van der Waals surface area contributed by atoms with Crippen LogP contribution in [0, 0.1) is 0 Å². The molecule has 0 saturated carbocycles. The molecule has 0 aliphatic carbocycles. The van der Waals surface area contributed by atoms with Gasteiger partial charge in [-0.3, -0.25) is 4.98 Å². The van der Waals surface area contributed by atoms with Crippen molar-refractivity contribution in [3.63, 3.8) is 0 Å². The number of nitrogens with zero attached hydrogens (tertiary/aromatic N) is 1. The lowest BCUT2D eigenvalue weighted by Gasteiger charge is -2.09. The summed E-state index contributed by atoms with van der Waals surface area (Å²) < 4.78 is 5.38. The quantitative estimate of drug-likeness (QED) is 0.684. The second-order valence-corrected chi connectivity index (χ2v) is 6.27. The van der Waals surface area contributed by atoms with Crippen LogP contribution in [0.5, 0.6) is 5.75 Å². The molecular weight excluding hydrogens is 334 g/mol. The van der Waals surface area contributed by atoms with Crippen LogP contribution in [0.2, 0.25) is 0 Å². The van der Waals surface area contributed by atoms with Gasteiger partial charge < -0.3 is 15.4 Å². The van der Waals surface area contributed by atoms with Gasteiger partial charge in [-0.15, -0.1) is 11.3 Å².